The van der Waals surface area contributed by atoms with Gasteiger partial charge in [-0.2, -0.15) is 10.2 Å². The first-order chi connectivity index (χ1) is 12.2. The molecular formula is C17H18N6O2. The predicted octanol–water partition coefficient (Wildman–Crippen LogP) is 1.67. The fourth-order valence-electron chi connectivity index (χ4n) is 2.95. The number of nitrogens with zero attached hydrogens (tertiary/aromatic N) is 5. The highest BCUT2D eigenvalue weighted by atomic mass is 16.5. The molecule has 1 fully saturated rings. The van der Waals surface area contributed by atoms with Crippen LogP contribution in [0.15, 0.2) is 43.5 Å². The summed E-state index contributed by atoms with van der Waals surface area (Å²) in [5.41, 5.74) is 2.41. The Morgan fingerprint density at radius 1 is 1.52 bits per heavy atom. The van der Waals surface area contributed by atoms with E-state index in [1.165, 1.54) is 6.08 Å². The number of hydrogen-bond acceptors (Lipinski definition) is 5. The van der Waals surface area contributed by atoms with Gasteiger partial charge in [-0.1, -0.05) is 6.58 Å². The van der Waals surface area contributed by atoms with Gasteiger partial charge in [0.05, 0.1) is 24.3 Å². The van der Waals surface area contributed by atoms with Gasteiger partial charge in [-0.25, -0.2) is 9.50 Å². The second-order valence-electron chi connectivity index (χ2n) is 6.10. The number of rotatable bonds is 5. The lowest BCUT2D eigenvalue weighted by Crippen LogP contribution is -2.49. The van der Waals surface area contributed by atoms with Crippen LogP contribution in [0.2, 0.25) is 0 Å². The smallest absolute Gasteiger partial charge is 0.245 e. The molecule has 0 spiro atoms. The molecule has 0 aromatic carbocycles. The van der Waals surface area contributed by atoms with Crippen LogP contribution in [0, 0.1) is 0 Å². The topological polar surface area (TPSA) is 88.4 Å². The minimum atomic E-state index is -0.0679. The molecule has 0 bridgehead atoms. The quantitative estimate of drug-likeness (QED) is 0.715. The van der Waals surface area contributed by atoms with E-state index in [1.807, 2.05) is 12.3 Å². The van der Waals surface area contributed by atoms with Crippen LogP contribution >= 0.6 is 0 Å². The van der Waals surface area contributed by atoms with E-state index in [9.17, 15) is 4.79 Å². The van der Waals surface area contributed by atoms with Crippen molar-refractivity contribution in [2.45, 2.75) is 25.0 Å². The van der Waals surface area contributed by atoms with E-state index in [0.717, 1.165) is 29.6 Å². The molecule has 1 aliphatic rings. The first-order valence-electron chi connectivity index (χ1n) is 8.05. The van der Waals surface area contributed by atoms with Crippen LogP contribution in [0.5, 0.6) is 5.88 Å². The second-order valence-corrected chi connectivity index (χ2v) is 6.10. The number of carbonyl (C=O) groups excluding carboxylic acids is 1. The molecule has 0 radical (unpaired) electrons. The van der Waals surface area contributed by atoms with Crippen LogP contribution in [0.25, 0.3) is 16.8 Å². The van der Waals surface area contributed by atoms with Gasteiger partial charge >= 0.3 is 0 Å². The zero-order valence-corrected chi connectivity index (χ0v) is 13.8. The summed E-state index contributed by atoms with van der Waals surface area (Å²) in [7, 11) is 1.79. The lowest BCUT2D eigenvalue weighted by molar-refractivity contribution is -0.130. The van der Waals surface area contributed by atoms with Gasteiger partial charge in [-0.3, -0.25) is 9.89 Å². The largest absolute Gasteiger partial charge is 0.473 e. The number of aromatic amines is 1. The summed E-state index contributed by atoms with van der Waals surface area (Å²) in [5.74, 6) is 0.471. The van der Waals surface area contributed by atoms with Crippen LogP contribution < -0.4 is 4.74 Å². The van der Waals surface area contributed by atoms with Gasteiger partial charge in [0.1, 0.15) is 11.6 Å². The predicted molar refractivity (Wildman–Crippen MR) is 91.0 cm³/mol. The molecule has 128 valence electrons. The number of likely N-dealkylation sites (N-methyl/N-ethyl adjacent to an activating group) is 1. The summed E-state index contributed by atoms with van der Waals surface area (Å²) >= 11 is 0. The number of H-pyrrole nitrogens is 1. The molecule has 0 aliphatic heterocycles. The Hall–Kier alpha value is -3.16. The van der Waals surface area contributed by atoms with Crippen molar-refractivity contribution in [3.05, 3.63) is 43.5 Å². The molecule has 0 atom stereocenters. The molecule has 8 nitrogen and oxygen atoms in total. The molecule has 1 amide bonds. The van der Waals surface area contributed by atoms with Crippen molar-refractivity contribution < 1.29 is 9.53 Å². The van der Waals surface area contributed by atoms with E-state index in [2.05, 4.69) is 26.9 Å². The van der Waals surface area contributed by atoms with Gasteiger partial charge in [-0.15, -0.1) is 0 Å². The monoisotopic (exact) mass is 338 g/mol. The van der Waals surface area contributed by atoms with Gasteiger partial charge in [0.15, 0.2) is 0 Å². The third-order valence-electron chi connectivity index (χ3n) is 4.57. The second kappa shape index (κ2) is 6.04. The number of nitrogens with one attached hydrogen (secondary N) is 1. The normalized spacial score (nSPS) is 19.4. The Kier molecular flexibility index (Phi) is 3.72. The van der Waals surface area contributed by atoms with Crippen LogP contribution in [0.4, 0.5) is 0 Å². The molecule has 1 saturated carbocycles. The Balaban J connectivity index is 1.53. The van der Waals surface area contributed by atoms with Crippen LogP contribution in [0.1, 0.15) is 12.8 Å². The zero-order chi connectivity index (χ0) is 17.4. The maximum atomic E-state index is 11.7. The molecule has 0 saturated heterocycles. The van der Waals surface area contributed by atoms with E-state index in [4.69, 9.17) is 4.74 Å². The average molecular weight is 338 g/mol. The van der Waals surface area contributed by atoms with Crippen molar-refractivity contribution in [1.82, 2.24) is 29.7 Å². The number of aromatic nitrogens is 5. The molecule has 1 aliphatic carbocycles. The molecule has 3 heterocycles. The third-order valence-corrected chi connectivity index (χ3v) is 4.57. The Morgan fingerprint density at radius 2 is 2.36 bits per heavy atom. The van der Waals surface area contributed by atoms with Gasteiger partial charge in [0.2, 0.25) is 11.8 Å². The lowest BCUT2D eigenvalue weighted by Gasteiger charge is -2.40. The van der Waals surface area contributed by atoms with Crippen molar-refractivity contribution >= 4 is 11.4 Å². The maximum Gasteiger partial charge on any atom is 0.245 e. The van der Waals surface area contributed by atoms with Crippen molar-refractivity contribution in [3.8, 4) is 17.1 Å². The minimum Gasteiger partial charge on any atom is -0.473 e. The Labute approximate surface area is 144 Å². The van der Waals surface area contributed by atoms with Gasteiger partial charge < -0.3 is 9.64 Å². The number of ether oxygens (including phenoxy) is 1. The molecule has 3 aromatic rings. The first kappa shape index (κ1) is 15.4. The molecule has 4 rings (SSSR count). The fourth-order valence-corrected chi connectivity index (χ4v) is 2.95. The summed E-state index contributed by atoms with van der Waals surface area (Å²) in [6.45, 7) is 3.52. The fraction of sp³-hybridized carbons (Fsp3) is 0.294. The first-order valence-corrected chi connectivity index (χ1v) is 8.05. The highest BCUT2D eigenvalue weighted by molar-refractivity contribution is 5.87. The summed E-state index contributed by atoms with van der Waals surface area (Å²) in [4.78, 5) is 18.0. The van der Waals surface area contributed by atoms with Crippen molar-refractivity contribution in [3.63, 3.8) is 0 Å². The molecular weight excluding hydrogens is 320 g/mol. The maximum absolute atomic E-state index is 11.7. The molecule has 8 heteroatoms. The van der Waals surface area contributed by atoms with E-state index in [-0.39, 0.29) is 18.1 Å². The number of carbonyl (C=O) groups is 1. The van der Waals surface area contributed by atoms with Gasteiger partial charge in [0.25, 0.3) is 0 Å². The number of hydrogen-bond donors (Lipinski definition) is 1. The van der Waals surface area contributed by atoms with Gasteiger partial charge in [-0.05, 0) is 12.1 Å². The van der Waals surface area contributed by atoms with Crippen molar-refractivity contribution in [1.29, 1.82) is 0 Å². The standard InChI is InChI=1S/C17H18N6O2/c1-3-16(24)22(2)12-6-13(7-12)25-17-15-4-5-20-23(15)10-14(21-17)11-8-18-19-9-11/h3-5,8-10,12-13H,1,6-7H2,2H3,(H,18,19). The number of amides is 1. The number of fused-ring (bicyclic) bond motifs is 1. The van der Waals surface area contributed by atoms with E-state index in [1.54, 1.807) is 35.1 Å². The van der Waals surface area contributed by atoms with Crippen LogP contribution in [-0.4, -0.2) is 54.8 Å². The highest BCUT2D eigenvalue weighted by Gasteiger charge is 2.35. The van der Waals surface area contributed by atoms with Gasteiger partial charge in [0, 0.05) is 37.7 Å². The highest BCUT2D eigenvalue weighted by Crippen LogP contribution is 2.31. The van der Waals surface area contributed by atoms with Crippen molar-refractivity contribution in [2.75, 3.05) is 7.05 Å². The summed E-state index contributed by atoms with van der Waals surface area (Å²) < 4.78 is 7.83. The van der Waals surface area contributed by atoms with E-state index in [0.29, 0.717) is 5.88 Å². The molecule has 3 aromatic heterocycles. The van der Waals surface area contributed by atoms with Crippen LogP contribution in [0.3, 0.4) is 0 Å². The third kappa shape index (κ3) is 2.75. The molecule has 25 heavy (non-hydrogen) atoms. The summed E-state index contributed by atoms with van der Waals surface area (Å²) in [6, 6.07) is 2.04. The van der Waals surface area contributed by atoms with Crippen molar-refractivity contribution in [2.24, 2.45) is 0 Å². The van der Waals surface area contributed by atoms with E-state index < -0.39 is 0 Å². The SMILES string of the molecule is C=CC(=O)N(C)C1CC(Oc2nc(-c3cn[nH]c3)cn3nccc23)C1. The van der Waals surface area contributed by atoms with Crippen LogP contribution in [-0.2, 0) is 4.79 Å². The molecule has 1 N–H and O–H groups in total. The minimum absolute atomic E-state index is 0.0239. The summed E-state index contributed by atoms with van der Waals surface area (Å²) in [6.07, 6.45) is 9.93. The Bertz CT molecular complexity index is 911. The lowest BCUT2D eigenvalue weighted by atomic mass is 9.88. The van der Waals surface area contributed by atoms with E-state index >= 15 is 0 Å². The zero-order valence-electron chi connectivity index (χ0n) is 13.8. The molecule has 0 unspecified atom stereocenters. The average Bonchev–Trinajstić information content (AvgIpc) is 3.26. The Morgan fingerprint density at radius 3 is 3.08 bits per heavy atom. The summed E-state index contributed by atoms with van der Waals surface area (Å²) in [5, 5.41) is 11.0.